The van der Waals surface area contributed by atoms with Crippen molar-refractivity contribution in [2.45, 2.75) is 38.9 Å². The van der Waals surface area contributed by atoms with Crippen LogP contribution in [0.3, 0.4) is 0 Å². The first-order chi connectivity index (χ1) is 12.3. The fraction of sp³-hybridized carbons (Fsp3) is 0.611. The van der Waals surface area contributed by atoms with E-state index in [0.717, 1.165) is 17.5 Å². The summed E-state index contributed by atoms with van der Waals surface area (Å²) in [5.74, 6) is 0.377. The van der Waals surface area contributed by atoms with Crippen LogP contribution in [0.15, 0.2) is 18.2 Å². The average molecular weight is 381 g/mol. The third-order valence-corrected chi connectivity index (χ3v) is 6.92. The monoisotopic (exact) mass is 381 g/mol. The van der Waals surface area contributed by atoms with E-state index in [1.54, 1.807) is 11.0 Å². The molecule has 0 aromatic heterocycles. The second-order valence-corrected chi connectivity index (χ2v) is 9.38. The van der Waals surface area contributed by atoms with Crippen molar-refractivity contribution >= 4 is 15.9 Å². The molecule has 0 radical (unpaired) electrons. The Balaban J connectivity index is 1.77. The zero-order valence-corrected chi connectivity index (χ0v) is 16.1. The van der Waals surface area contributed by atoms with E-state index in [9.17, 15) is 18.3 Å². The molecule has 0 saturated carbocycles. The number of phenols is 1. The highest BCUT2D eigenvalue weighted by molar-refractivity contribution is 7.91. The third kappa shape index (κ3) is 3.96. The largest absolute Gasteiger partial charge is 0.508 e. The molecule has 1 aromatic carbocycles. The first kappa shape index (κ1) is 19.0. The second-order valence-electron chi connectivity index (χ2n) is 7.23. The van der Waals surface area contributed by atoms with Crippen LogP contribution in [0.25, 0.3) is 0 Å². The molecule has 2 amide bonds. The van der Waals surface area contributed by atoms with Crippen LogP contribution in [0.5, 0.6) is 5.75 Å². The smallest absolute Gasteiger partial charge is 0.317 e. The molecule has 8 heteroatoms. The molecule has 0 aliphatic carbocycles. The van der Waals surface area contributed by atoms with Crippen LogP contribution in [0, 0.1) is 6.92 Å². The maximum absolute atomic E-state index is 12.4. The van der Waals surface area contributed by atoms with E-state index in [1.807, 2.05) is 26.0 Å². The van der Waals surface area contributed by atoms with Crippen molar-refractivity contribution in [1.29, 1.82) is 0 Å². The van der Waals surface area contributed by atoms with E-state index >= 15 is 0 Å². The summed E-state index contributed by atoms with van der Waals surface area (Å²) < 4.78 is 24.5. The maximum atomic E-state index is 12.4. The number of hydrogen-bond donors (Lipinski definition) is 2. The summed E-state index contributed by atoms with van der Waals surface area (Å²) in [6, 6.07) is 4.80. The number of aryl methyl sites for hydroxylation is 1. The van der Waals surface area contributed by atoms with Gasteiger partial charge in [-0.2, -0.15) is 0 Å². The number of piperazine rings is 1. The minimum Gasteiger partial charge on any atom is -0.508 e. The third-order valence-electron chi connectivity index (χ3n) is 5.22. The van der Waals surface area contributed by atoms with Gasteiger partial charge in [0, 0.05) is 32.2 Å². The summed E-state index contributed by atoms with van der Waals surface area (Å²) in [4.78, 5) is 16.3. The zero-order valence-electron chi connectivity index (χ0n) is 15.3. The molecular weight excluding hydrogens is 354 g/mol. The molecule has 0 spiro atoms. The van der Waals surface area contributed by atoms with Crippen LogP contribution in [-0.2, 0) is 16.4 Å². The summed E-state index contributed by atoms with van der Waals surface area (Å²) in [5.41, 5.74) is 1.84. The molecule has 144 valence electrons. The van der Waals surface area contributed by atoms with Crippen LogP contribution in [-0.4, -0.2) is 72.6 Å². The molecule has 2 atom stereocenters. The van der Waals surface area contributed by atoms with E-state index in [2.05, 4.69) is 10.2 Å². The van der Waals surface area contributed by atoms with E-state index < -0.39 is 9.84 Å². The van der Waals surface area contributed by atoms with E-state index in [-0.39, 0.29) is 35.4 Å². The number of fused-ring (bicyclic) bond motifs is 1. The summed E-state index contributed by atoms with van der Waals surface area (Å²) in [6.45, 7) is 6.19. The van der Waals surface area contributed by atoms with Crippen molar-refractivity contribution in [2.75, 3.05) is 31.1 Å². The number of nitrogens with one attached hydrogen (secondary N) is 1. The number of benzene rings is 1. The molecule has 2 saturated heterocycles. The minimum atomic E-state index is -3.16. The normalized spacial score (nSPS) is 25.1. The van der Waals surface area contributed by atoms with E-state index in [4.69, 9.17) is 0 Å². The highest BCUT2D eigenvalue weighted by Gasteiger charge is 2.47. The average Bonchev–Trinajstić information content (AvgIpc) is 2.91. The number of carbonyl (C=O) groups excluding carboxylic acids is 1. The first-order valence-electron chi connectivity index (χ1n) is 9.08. The van der Waals surface area contributed by atoms with E-state index in [0.29, 0.717) is 26.2 Å². The Kier molecular flexibility index (Phi) is 5.43. The van der Waals surface area contributed by atoms with Crippen molar-refractivity contribution in [2.24, 2.45) is 0 Å². The quantitative estimate of drug-likeness (QED) is 0.815. The van der Waals surface area contributed by atoms with Gasteiger partial charge in [0.25, 0.3) is 0 Å². The van der Waals surface area contributed by atoms with Crippen molar-refractivity contribution in [1.82, 2.24) is 15.1 Å². The van der Waals surface area contributed by atoms with Gasteiger partial charge < -0.3 is 15.3 Å². The molecule has 2 fully saturated rings. The maximum Gasteiger partial charge on any atom is 0.317 e. The van der Waals surface area contributed by atoms with Crippen LogP contribution >= 0.6 is 0 Å². The molecule has 3 rings (SSSR count). The molecule has 1 aromatic rings. The number of nitrogens with zero attached hydrogens (tertiary/aromatic N) is 2. The van der Waals surface area contributed by atoms with Crippen LogP contribution in [0.2, 0.25) is 0 Å². The number of hydrogen-bond acceptors (Lipinski definition) is 5. The number of phenolic OH excluding ortho intramolecular Hbond substituents is 1. The molecule has 2 aliphatic rings. The number of aromatic hydroxyl groups is 1. The lowest BCUT2D eigenvalue weighted by Gasteiger charge is -2.43. The Hall–Kier alpha value is -1.80. The van der Waals surface area contributed by atoms with Gasteiger partial charge in [0.15, 0.2) is 9.84 Å². The Morgan fingerprint density at radius 1 is 1.27 bits per heavy atom. The topological polar surface area (TPSA) is 89.9 Å². The summed E-state index contributed by atoms with van der Waals surface area (Å²) in [6.07, 6.45) is 0.846. The Labute approximate surface area is 154 Å². The molecule has 2 aliphatic heterocycles. The van der Waals surface area contributed by atoms with Gasteiger partial charge in [-0.25, -0.2) is 13.2 Å². The molecule has 2 N–H and O–H groups in total. The zero-order chi connectivity index (χ0) is 18.9. The number of amides is 2. The van der Waals surface area contributed by atoms with Gasteiger partial charge in [-0.15, -0.1) is 0 Å². The predicted molar refractivity (Wildman–Crippen MR) is 99.9 cm³/mol. The Morgan fingerprint density at radius 2 is 2.00 bits per heavy atom. The van der Waals surface area contributed by atoms with Gasteiger partial charge >= 0.3 is 6.03 Å². The lowest BCUT2D eigenvalue weighted by molar-refractivity contribution is 0.0607. The number of rotatable bonds is 4. The summed E-state index contributed by atoms with van der Waals surface area (Å²) in [5, 5.41) is 12.6. The molecule has 0 bridgehead atoms. The Bertz CT molecular complexity index is 781. The first-order valence-corrected chi connectivity index (χ1v) is 10.9. The number of sulfone groups is 1. The van der Waals surface area contributed by atoms with Gasteiger partial charge in [0.2, 0.25) is 0 Å². The van der Waals surface area contributed by atoms with Crippen LogP contribution in [0.4, 0.5) is 4.79 Å². The molecular formula is C18H27N3O4S. The van der Waals surface area contributed by atoms with Gasteiger partial charge in [-0.3, -0.25) is 4.90 Å². The van der Waals surface area contributed by atoms with Gasteiger partial charge in [0.05, 0.1) is 17.5 Å². The lowest BCUT2D eigenvalue weighted by atomic mass is 10.0. The Morgan fingerprint density at radius 3 is 2.69 bits per heavy atom. The second kappa shape index (κ2) is 7.44. The standard InChI is InChI=1S/C18H27N3O4S/c1-3-6-19-18(23)21-8-7-20(15-11-26(24,25)12-16(15)21)10-14-4-5-17(22)13(2)9-14/h4-5,9,15-16,22H,3,6-8,10-12H2,1-2H3,(H,19,23). The van der Waals surface area contributed by atoms with Gasteiger partial charge in [-0.05, 0) is 30.5 Å². The van der Waals surface area contributed by atoms with Crippen LogP contribution < -0.4 is 5.32 Å². The SMILES string of the molecule is CCCNC(=O)N1CCN(Cc2ccc(O)c(C)c2)C2CS(=O)(=O)CC21. The van der Waals surface area contributed by atoms with Gasteiger partial charge in [-0.1, -0.05) is 19.1 Å². The highest BCUT2D eigenvalue weighted by Crippen LogP contribution is 2.29. The van der Waals surface area contributed by atoms with Crippen molar-refractivity contribution in [3.8, 4) is 5.75 Å². The van der Waals surface area contributed by atoms with Gasteiger partial charge in [0.1, 0.15) is 5.75 Å². The highest BCUT2D eigenvalue weighted by atomic mass is 32.2. The molecule has 7 nitrogen and oxygen atoms in total. The molecule has 2 unspecified atom stereocenters. The lowest BCUT2D eigenvalue weighted by Crippen LogP contribution is -2.62. The fourth-order valence-corrected chi connectivity index (χ4v) is 5.87. The van der Waals surface area contributed by atoms with Crippen molar-refractivity contribution in [3.05, 3.63) is 29.3 Å². The predicted octanol–water partition coefficient (Wildman–Crippen LogP) is 1.10. The van der Waals surface area contributed by atoms with Crippen molar-refractivity contribution < 1.29 is 18.3 Å². The minimum absolute atomic E-state index is 0.0301. The number of urea groups is 1. The van der Waals surface area contributed by atoms with Crippen molar-refractivity contribution in [3.63, 3.8) is 0 Å². The molecule has 2 heterocycles. The summed E-state index contributed by atoms with van der Waals surface area (Å²) in [7, 11) is -3.16. The summed E-state index contributed by atoms with van der Waals surface area (Å²) >= 11 is 0. The fourth-order valence-electron chi connectivity index (χ4n) is 3.86. The van der Waals surface area contributed by atoms with E-state index in [1.165, 1.54) is 0 Å². The molecule has 26 heavy (non-hydrogen) atoms. The van der Waals surface area contributed by atoms with Crippen LogP contribution in [0.1, 0.15) is 24.5 Å². The number of carbonyl (C=O) groups is 1.